The van der Waals surface area contributed by atoms with Crippen molar-refractivity contribution in [3.63, 3.8) is 0 Å². The third kappa shape index (κ3) is 1.84. The van der Waals surface area contributed by atoms with Gasteiger partial charge in [0.05, 0.1) is 13.8 Å². The van der Waals surface area contributed by atoms with Gasteiger partial charge in [-0.15, -0.1) is 0 Å². The molecule has 0 saturated carbocycles. The Kier molecular flexibility index (Phi) is 2.04. The molecule has 0 amide bonds. The Morgan fingerprint density at radius 2 is 1.69 bits per heavy atom. The highest BCUT2D eigenvalue weighted by atomic mass is 28.3. The first-order valence-corrected chi connectivity index (χ1v) is 8.37. The van der Waals surface area contributed by atoms with Gasteiger partial charge in [0.1, 0.15) is 6.10 Å². The fourth-order valence-corrected chi connectivity index (χ4v) is 3.32. The molecule has 1 aromatic carbocycles. The predicted molar refractivity (Wildman–Crippen MR) is 57.4 cm³/mol. The van der Waals surface area contributed by atoms with Crippen molar-refractivity contribution in [1.82, 2.24) is 0 Å². The lowest BCUT2D eigenvalue weighted by atomic mass is 10.2. The van der Waals surface area contributed by atoms with Gasteiger partial charge in [-0.1, -0.05) is 50.0 Å². The Hall–Kier alpha value is -0.603. The van der Waals surface area contributed by atoms with Gasteiger partial charge < -0.3 is 4.74 Å². The summed E-state index contributed by atoms with van der Waals surface area (Å²) in [5, 5.41) is 0. The van der Waals surface area contributed by atoms with Crippen LogP contribution in [0.3, 0.4) is 0 Å². The summed E-state index contributed by atoms with van der Waals surface area (Å²) in [6, 6.07) is 10.5. The number of hydrogen-bond acceptors (Lipinski definition) is 1. The van der Waals surface area contributed by atoms with Crippen LogP contribution in [0.5, 0.6) is 0 Å². The summed E-state index contributed by atoms with van der Waals surface area (Å²) in [5.41, 5.74) is 1.88. The lowest BCUT2D eigenvalue weighted by molar-refractivity contribution is 0.400. The maximum Gasteiger partial charge on any atom is 0.106 e. The van der Waals surface area contributed by atoms with Crippen LogP contribution in [-0.4, -0.2) is 13.8 Å². The van der Waals surface area contributed by atoms with Gasteiger partial charge in [-0.3, -0.25) is 0 Å². The molecule has 1 aliphatic rings. The van der Waals surface area contributed by atoms with Gasteiger partial charge >= 0.3 is 0 Å². The molecule has 0 aromatic heterocycles. The smallest absolute Gasteiger partial charge is 0.106 e. The summed E-state index contributed by atoms with van der Waals surface area (Å²) >= 11 is 0. The maximum absolute atomic E-state index is 5.73. The zero-order chi connectivity index (χ0) is 9.47. The maximum atomic E-state index is 5.73. The number of hydrogen-bond donors (Lipinski definition) is 0. The fourth-order valence-electron chi connectivity index (χ4n) is 1.67. The van der Waals surface area contributed by atoms with E-state index in [1.54, 1.807) is 0 Å². The molecule has 1 aromatic rings. The van der Waals surface area contributed by atoms with E-state index in [2.05, 4.69) is 50.0 Å². The Labute approximate surface area is 80.7 Å². The highest BCUT2D eigenvalue weighted by molar-refractivity contribution is 6.78. The van der Waals surface area contributed by atoms with Crippen LogP contribution in [0.4, 0.5) is 0 Å². The second-order valence-electron chi connectivity index (χ2n) is 4.75. The number of ether oxygens (including phenoxy) is 1. The Bertz CT molecular complexity index is 289. The lowest BCUT2D eigenvalue weighted by Crippen LogP contribution is -2.29. The first-order valence-electron chi connectivity index (χ1n) is 4.79. The number of rotatable bonds is 2. The van der Waals surface area contributed by atoms with Gasteiger partial charge in [-0.25, -0.2) is 0 Å². The molecule has 1 aliphatic heterocycles. The van der Waals surface area contributed by atoms with E-state index in [-0.39, 0.29) is 0 Å². The Balaban J connectivity index is 2.09. The van der Waals surface area contributed by atoms with E-state index in [0.717, 1.165) is 0 Å². The average Bonchev–Trinajstić information content (AvgIpc) is 2.83. The van der Waals surface area contributed by atoms with E-state index in [1.165, 1.54) is 5.56 Å². The van der Waals surface area contributed by atoms with Crippen LogP contribution in [-0.2, 0) is 4.74 Å². The normalized spacial score (nSPS) is 27.3. The molecule has 1 heterocycles. The topological polar surface area (TPSA) is 12.5 Å². The molecule has 1 nitrogen and oxygen atoms in total. The second-order valence-corrected chi connectivity index (χ2v) is 10.1. The quantitative estimate of drug-likeness (QED) is 0.518. The summed E-state index contributed by atoms with van der Waals surface area (Å²) in [4.78, 5) is 0. The van der Waals surface area contributed by atoms with Crippen LogP contribution in [0.2, 0.25) is 19.6 Å². The molecule has 0 bridgehead atoms. The van der Waals surface area contributed by atoms with E-state index in [0.29, 0.717) is 11.8 Å². The zero-order valence-electron chi connectivity index (χ0n) is 8.45. The molecule has 0 radical (unpaired) electrons. The summed E-state index contributed by atoms with van der Waals surface area (Å²) in [5.74, 6) is 0. The molecule has 70 valence electrons. The molecule has 0 N–H and O–H groups in total. The van der Waals surface area contributed by atoms with E-state index < -0.39 is 8.07 Å². The van der Waals surface area contributed by atoms with Gasteiger partial charge in [0.25, 0.3) is 0 Å². The third-order valence-corrected chi connectivity index (χ3v) is 4.62. The van der Waals surface area contributed by atoms with Crippen molar-refractivity contribution in [2.45, 2.75) is 31.5 Å². The van der Waals surface area contributed by atoms with Crippen molar-refractivity contribution in [3.8, 4) is 0 Å². The van der Waals surface area contributed by atoms with Crippen LogP contribution < -0.4 is 0 Å². The van der Waals surface area contributed by atoms with Crippen molar-refractivity contribution in [3.05, 3.63) is 35.9 Å². The van der Waals surface area contributed by atoms with Gasteiger partial charge in [-0.2, -0.15) is 0 Å². The Morgan fingerprint density at radius 3 is 2.15 bits per heavy atom. The highest BCUT2D eigenvalue weighted by Gasteiger charge is 2.48. The van der Waals surface area contributed by atoms with E-state index in [9.17, 15) is 0 Å². The molecule has 1 fully saturated rings. The number of epoxide rings is 1. The highest BCUT2D eigenvalue weighted by Crippen LogP contribution is 2.43. The van der Waals surface area contributed by atoms with Crippen LogP contribution in [0.15, 0.2) is 30.3 Å². The molecule has 2 atom stereocenters. The van der Waals surface area contributed by atoms with Gasteiger partial charge in [-0.05, 0) is 5.56 Å². The predicted octanol–water partition coefficient (Wildman–Crippen LogP) is 3.00. The summed E-state index contributed by atoms with van der Waals surface area (Å²) < 4.78 is 5.73. The number of benzene rings is 1. The molecule has 0 spiro atoms. The molecular formula is C11H16OSi. The summed E-state index contributed by atoms with van der Waals surface area (Å²) in [6.07, 6.45) is 0.396. The third-order valence-electron chi connectivity index (χ3n) is 2.47. The van der Waals surface area contributed by atoms with Crippen LogP contribution in [0, 0.1) is 0 Å². The average molecular weight is 192 g/mol. The Morgan fingerprint density at radius 1 is 1.08 bits per heavy atom. The minimum Gasteiger partial charge on any atom is -0.368 e. The molecule has 2 heteroatoms. The van der Waals surface area contributed by atoms with Gasteiger partial charge in [0, 0.05) is 0 Å². The first-order chi connectivity index (χ1) is 6.09. The zero-order valence-corrected chi connectivity index (χ0v) is 9.45. The van der Waals surface area contributed by atoms with Gasteiger partial charge in [0.2, 0.25) is 0 Å². The van der Waals surface area contributed by atoms with Crippen molar-refractivity contribution >= 4 is 8.07 Å². The van der Waals surface area contributed by atoms with Crippen LogP contribution in [0.25, 0.3) is 0 Å². The summed E-state index contributed by atoms with van der Waals surface area (Å²) in [6.45, 7) is 7.09. The van der Waals surface area contributed by atoms with Crippen molar-refractivity contribution < 1.29 is 4.74 Å². The molecule has 0 aliphatic carbocycles. The molecule has 13 heavy (non-hydrogen) atoms. The minimum atomic E-state index is -1.09. The molecule has 2 rings (SSSR count). The van der Waals surface area contributed by atoms with Crippen LogP contribution in [0.1, 0.15) is 11.7 Å². The van der Waals surface area contributed by atoms with E-state index in [4.69, 9.17) is 4.74 Å². The first kappa shape index (κ1) is 8.97. The van der Waals surface area contributed by atoms with E-state index in [1.807, 2.05) is 0 Å². The van der Waals surface area contributed by atoms with Crippen LogP contribution >= 0.6 is 0 Å². The largest absolute Gasteiger partial charge is 0.368 e. The van der Waals surface area contributed by atoms with Gasteiger partial charge in [0.15, 0.2) is 0 Å². The van der Waals surface area contributed by atoms with E-state index >= 15 is 0 Å². The molecule has 0 unspecified atom stereocenters. The van der Waals surface area contributed by atoms with Crippen molar-refractivity contribution in [1.29, 1.82) is 0 Å². The standard InChI is InChI=1S/C11H16OSi/c1-13(2,3)11-10(12-11)9-7-5-4-6-8-9/h4-8,10-11H,1-3H3/t10-,11-/m0/s1. The monoisotopic (exact) mass is 192 g/mol. The minimum absolute atomic E-state index is 0.396. The SMILES string of the molecule is C[Si](C)(C)[C@@H]1O[C@H]1c1ccccc1. The summed E-state index contributed by atoms with van der Waals surface area (Å²) in [7, 11) is -1.09. The van der Waals surface area contributed by atoms with Crippen molar-refractivity contribution in [2.24, 2.45) is 0 Å². The molecular weight excluding hydrogens is 176 g/mol. The van der Waals surface area contributed by atoms with Crippen molar-refractivity contribution in [2.75, 3.05) is 0 Å². The fraction of sp³-hybridized carbons (Fsp3) is 0.455. The second kappa shape index (κ2) is 2.96. The molecule has 1 saturated heterocycles. The lowest BCUT2D eigenvalue weighted by Gasteiger charge is -2.11.